The van der Waals surface area contributed by atoms with Gasteiger partial charge in [-0.25, -0.2) is 4.79 Å². The van der Waals surface area contributed by atoms with E-state index in [-0.39, 0.29) is 24.0 Å². The molecule has 0 spiro atoms. The summed E-state index contributed by atoms with van der Waals surface area (Å²) in [5.74, 6) is 0.0322. The van der Waals surface area contributed by atoms with Crippen molar-refractivity contribution >= 4 is 23.5 Å². The highest BCUT2D eigenvalue weighted by Gasteiger charge is 2.30. The van der Waals surface area contributed by atoms with Gasteiger partial charge in [-0.2, -0.15) is 0 Å². The van der Waals surface area contributed by atoms with E-state index < -0.39 is 0 Å². The number of nitrogens with zero attached hydrogens (tertiary/aromatic N) is 1. The van der Waals surface area contributed by atoms with Gasteiger partial charge in [-0.15, -0.1) is 0 Å². The molecule has 1 atom stereocenters. The van der Waals surface area contributed by atoms with Gasteiger partial charge in [-0.3, -0.25) is 4.79 Å². The lowest BCUT2D eigenvalue weighted by Crippen LogP contribution is -2.45. The van der Waals surface area contributed by atoms with Crippen molar-refractivity contribution < 1.29 is 9.59 Å². The summed E-state index contributed by atoms with van der Waals surface area (Å²) in [5.41, 5.74) is 0.916. The van der Waals surface area contributed by atoms with E-state index in [0.717, 1.165) is 5.56 Å². The smallest absolute Gasteiger partial charge is 0.315 e. The lowest BCUT2D eigenvalue weighted by atomic mass is 10.2. The van der Waals surface area contributed by atoms with Crippen LogP contribution in [0.2, 0.25) is 5.02 Å². The molecule has 1 aromatic carbocycles. The maximum absolute atomic E-state index is 12.0. The SMILES string of the molecule is CC(C)NC(=O)NC1CC(=O)N(Cc2ccccc2Cl)C1. The van der Waals surface area contributed by atoms with Crippen molar-refractivity contribution in [3.63, 3.8) is 0 Å². The van der Waals surface area contributed by atoms with Crippen molar-refractivity contribution in [3.05, 3.63) is 34.9 Å². The van der Waals surface area contributed by atoms with E-state index in [1.165, 1.54) is 0 Å². The van der Waals surface area contributed by atoms with Crippen LogP contribution in [0.5, 0.6) is 0 Å². The van der Waals surface area contributed by atoms with Gasteiger partial charge < -0.3 is 15.5 Å². The Morgan fingerprint density at radius 1 is 1.43 bits per heavy atom. The maximum atomic E-state index is 12.0. The number of nitrogens with one attached hydrogen (secondary N) is 2. The van der Waals surface area contributed by atoms with Gasteiger partial charge in [0.15, 0.2) is 0 Å². The van der Waals surface area contributed by atoms with E-state index in [4.69, 9.17) is 11.6 Å². The fraction of sp³-hybridized carbons (Fsp3) is 0.467. The highest BCUT2D eigenvalue weighted by Crippen LogP contribution is 2.20. The number of hydrogen-bond donors (Lipinski definition) is 2. The number of rotatable bonds is 4. The molecule has 114 valence electrons. The average Bonchev–Trinajstić information content (AvgIpc) is 2.71. The number of amides is 3. The first kappa shape index (κ1) is 15.6. The summed E-state index contributed by atoms with van der Waals surface area (Å²) in [6.07, 6.45) is 0.329. The summed E-state index contributed by atoms with van der Waals surface area (Å²) >= 11 is 6.11. The average molecular weight is 310 g/mol. The fourth-order valence-electron chi connectivity index (χ4n) is 2.34. The summed E-state index contributed by atoms with van der Waals surface area (Å²) in [6, 6.07) is 7.15. The first-order chi connectivity index (χ1) is 9.95. The highest BCUT2D eigenvalue weighted by atomic mass is 35.5. The van der Waals surface area contributed by atoms with Crippen molar-refractivity contribution in [2.75, 3.05) is 6.54 Å². The van der Waals surface area contributed by atoms with Crippen molar-refractivity contribution in [1.29, 1.82) is 0 Å². The molecule has 0 aromatic heterocycles. The molecular weight excluding hydrogens is 290 g/mol. The molecule has 0 radical (unpaired) electrons. The Balaban J connectivity index is 1.91. The topological polar surface area (TPSA) is 61.4 Å². The Morgan fingerprint density at radius 2 is 2.14 bits per heavy atom. The molecule has 0 bridgehead atoms. The zero-order valence-corrected chi connectivity index (χ0v) is 13.0. The van der Waals surface area contributed by atoms with E-state index >= 15 is 0 Å². The Labute approximate surface area is 129 Å². The van der Waals surface area contributed by atoms with Crippen LogP contribution in [0.25, 0.3) is 0 Å². The predicted molar refractivity (Wildman–Crippen MR) is 82.1 cm³/mol. The summed E-state index contributed by atoms with van der Waals surface area (Å²) in [7, 11) is 0. The lowest BCUT2D eigenvalue weighted by molar-refractivity contribution is -0.128. The van der Waals surface area contributed by atoms with Gasteiger partial charge in [0.05, 0.1) is 6.04 Å². The number of likely N-dealkylation sites (tertiary alicyclic amines) is 1. The van der Waals surface area contributed by atoms with Crippen LogP contribution in [-0.2, 0) is 11.3 Å². The van der Waals surface area contributed by atoms with Crippen molar-refractivity contribution in [2.45, 2.75) is 38.9 Å². The zero-order chi connectivity index (χ0) is 15.4. The molecular formula is C15H20ClN3O2. The largest absolute Gasteiger partial charge is 0.336 e. The van der Waals surface area contributed by atoms with Gasteiger partial charge in [0, 0.05) is 30.6 Å². The van der Waals surface area contributed by atoms with E-state index in [2.05, 4.69) is 10.6 Å². The van der Waals surface area contributed by atoms with Gasteiger partial charge >= 0.3 is 6.03 Å². The van der Waals surface area contributed by atoms with Gasteiger partial charge in [0.1, 0.15) is 0 Å². The van der Waals surface area contributed by atoms with Gasteiger partial charge in [-0.05, 0) is 25.5 Å². The first-order valence-corrected chi connectivity index (χ1v) is 7.41. The normalized spacial score (nSPS) is 18.2. The number of benzene rings is 1. The van der Waals surface area contributed by atoms with E-state index in [9.17, 15) is 9.59 Å². The minimum absolute atomic E-state index is 0.0322. The van der Waals surface area contributed by atoms with Crippen LogP contribution in [-0.4, -0.2) is 35.5 Å². The minimum Gasteiger partial charge on any atom is -0.336 e. The molecule has 0 aliphatic carbocycles. The molecule has 0 saturated carbocycles. The maximum Gasteiger partial charge on any atom is 0.315 e. The summed E-state index contributed by atoms with van der Waals surface area (Å²) in [4.78, 5) is 25.4. The Morgan fingerprint density at radius 3 is 2.81 bits per heavy atom. The molecule has 2 rings (SSSR count). The second-order valence-electron chi connectivity index (χ2n) is 5.54. The van der Waals surface area contributed by atoms with Crippen molar-refractivity contribution in [1.82, 2.24) is 15.5 Å². The van der Waals surface area contributed by atoms with Crippen LogP contribution in [0.3, 0.4) is 0 Å². The van der Waals surface area contributed by atoms with E-state index in [0.29, 0.717) is 24.5 Å². The summed E-state index contributed by atoms with van der Waals surface area (Å²) < 4.78 is 0. The summed E-state index contributed by atoms with van der Waals surface area (Å²) in [6.45, 7) is 4.77. The third-order valence-electron chi connectivity index (χ3n) is 3.29. The zero-order valence-electron chi connectivity index (χ0n) is 12.2. The van der Waals surface area contributed by atoms with E-state index in [1.807, 2.05) is 38.1 Å². The lowest BCUT2D eigenvalue weighted by Gasteiger charge is -2.18. The number of carbonyl (C=O) groups excluding carboxylic acids is 2. The van der Waals surface area contributed by atoms with Crippen molar-refractivity contribution in [2.24, 2.45) is 0 Å². The Bertz CT molecular complexity index is 533. The second-order valence-corrected chi connectivity index (χ2v) is 5.95. The first-order valence-electron chi connectivity index (χ1n) is 7.04. The Hall–Kier alpha value is -1.75. The third-order valence-corrected chi connectivity index (χ3v) is 3.66. The van der Waals surface area contributed by atoms with E-state index in [1.54, 1.807) is 4.90 Å². The summed E-state index contributed by atoms with van der Waals surface area (Å²) in [5, 5.41) is 6.23. The molecule has 3 amide bonds. The Kier molecular flexibility index (Phi) is 5.07. The minimum atomic E-state index is -0.234. The number of hydrogen-bond acceptors (Lipinski definition) is 2. The van der Waals surface area contributed by atoms with Crippen LogP contribution in [0.4, 0.5) is 4.79 Å². The van der Waals surface area contributed by atoms with Crippen LogP contribution in [0.1, 0.15) is 25.8 Å². The molecule has 1 aliphatic rings. The molecule has 21 heavy (non-hydrogen) atoms. The van der Waals surface area contributed by atoms with Gasteiger partial charge in [-0.1, -0.05) is 29.8 Å². The molecule has 1 saturated heterocycles. The molecule has 1 fully saturated rings. The molecule has 1 unspecified atom stereocenters. The molecule has 6 heteroatoms. The molecule has 1 heterocycles. The van der Waals surface area contributed by atoms with Gasteiger partial charge in [0.25, 0.3) is 0 Å². The van der Waals surface area contributed by atoms with Crippen LogP contribution >= 0.6 is 11.6 Å². The highest BCUT2D eigenvalue weighted by molar-refractivity contribution is 6.31. The third kappa shape index (κ3) is 4.36. The fourth-order valence-corrected chi connectivity index (χ4v) is 2.54. The molecule has 2 N–H and O–H groups in total. The van der Waals surface area contributed by atoms with Crippen LogP contribution < -0.4 is 10.6 Å². The number of halogens is 1. The molecule has 1 aromatic rings. The quantitative estimate of drug-likeness (QED) is 0.895. The second kappa shape index (κ2) is 6.80. The number of carbonyl (C=O) groups is 2. The monoisotopic (exact) mass is 309 g/mol. The molecule has 1 aliphatic heterocycles. The van der Waals surface area contributed by atoms with Crippen LogP contribution in [0, 0.1) is 0 Å². The van der Waals surface area contributed by atoms with Gasteiger partial charge in [0.2, 0.25) is 5.91 Å². The molecule has 5 nitrogen and oxygen atoms in total. The van der Waals surface area contributed by atoms with Crippen LogP contribution in [0.15, 0.2) is 24.3 Å². The predicted octanol–water partition coefficient (Wildman–Crippen LogP) is 2.15. The standard InChI is InChI=1S/C15H20ClN3O2/c1-10(2)17-15(21)18-12-7-14(20)19(9-12)8-11-5-3-4-6-13(11)16/h3-6,10,12H,7-9H2,1-2H3,(H2,17,18,21). The number of urea groups is 1. The van der Waals surface area contributed by atoms with Crippen molar-refractivity contribution in [3.8, 4) is 0 Å².